The average molecular weight is 222 g/mol. The molecule has 1 N–H and O–H groups in total. The lowest BCUT2D eigenvalue weighted by Crippen LogP contribution is -1.74. The van der Waals surface area contributed by atoms with Crippen LogP contribution in [0.4, 0.5) is 0 Å². The lowest BCUT2D eigenvalue weighted by atomic mass is 10.1. The highest BCUT2D eigenvalue weighted by Crippen LogP contribution is 2.14. The molecule has 0 spiro atoms. The number of phenols is 1. The molecule has 2 aromatic carbocycles. The minimum atomic E-state index is 0.286. The molecule has 0 saturated heterocycles. The second-order valence-electron chi connectivity index (χ2n) is 3.80. The molecule has 0 aliphatic rings. The molecular formula is C16H14O. The number of benzene rings is 2. The summed E-state index contributed by atoms with van der Waals surface area (Å²) in [6, 6.07) is 15.3. The van der Waals surface area contributed by atoms with Crippen molar-refractivity contribution < 1.29 is 5.11 Å². The number of hydrogen-bond acceptors (Lipinski definition) is 1. The van der Waals surface area contributed by atoms with Crippen LogP contribution < -0.4 is 0 Å². The van der Waals surface area contributed by atoms with Gasteiger partial charge in [-0.25, -0.2) is 0 Å². The van der Waals surface area contributed by atoms with Crippen LogP contribution in [-0.4, -0.2) is 5.11 Å². The standard InChI is InChI=1S/C16H14O/c1-2-13-6-8-14(9-7-13)10-11-15-4-3-5-16(17)12-15/h2-12,17H,1H2. The smallest absolute Gasteiger partial charge is 0.116 e. The molecule has 0 amide bonds. The zero-order chi connectivity index (χ0) is 12.1. The second kappa shape index (κ2) is 5.17. The molecule has 0 radical (unpaired) electrons. The summed E-state index contributed by atoms with van der Waals surface area (Å²) in [6.45, 7) is 3.72. The predicted octanol–water partition coefficient (Wildman–Crippen LogP) is 4.21. The van der Waals surface area contributed by atoms with E-state index in [0.29, 0.717) is 0 Å². The van der Waals surface area contributed by atoms with Gasteiger partial charge in [0.25, 0.3) is 0 Å². The van der Waals surface area contributed by atoms with Crippen LogP contribution >= 0.6 is 0 Å². The predicted molar refractivity (Wildman–Crippen MR) is 73.6 cm³/mol. The van der Waals surface area contributed by atoms with Gasteiger partial charge in [-0.05, 0) is 28.8 Å². The van der Waals surface area contributed by atoms with Gasteiger partial charge in [-0.3, -0.25) is 0 Å². The second-order valence-corrected chi connectivity index (χ2v) is 3.80. The highest BCUT2D eigenvalue weighted by molar-refractivity contribution is 5.70. The maximum absolute atomic E-state index is 9.33. The van der Waals surface area contributed by atoms with Crippen molar-refractivity contribution in [2.24, 2.45) is 0 Å². The van der Waals surface area contributed by atoms with Crippen LogP contribution in [0, 0.1) is 0 Å². The minimum Gasteiger partial charge on any atom is -0.508 e. The first-order valence-electron chi connectivity index (χ1n) is 5.47. The van der Waals surface area contributed by atoms with Gasteiger partial charge < -0.3 is 5.11 Å². The molecule has 84 valence electrons. The Morgan fingerprint density at radius 3 is 2.12 bits per heavy atom. The zero-order valence-electron chi connectivity index (χ0n) is 9.51. The molecule has 0 atom stereocenters. The molecule has 0 aliphatic heterocycles. The number of rotatable bonds is 3. The Balaban J connectivity index is 2.17. The molecule has 2 aromatic rings. The third-order valence-electron chi connectivity index (χ3n) is 2.51. The van der Waals surface area contributed by atoms with Crippen molar-refractivity contribution >= 4 is 18.2 Å². The first kappa shape index (κ1) is 11.2. The third-order valence-corrected chi connectivity index (χ3v) is 2.51. The number of aromatic hydroxyl groups is 1. The zero-order valence-corrected chi connectivity index (χ0v) is 9.51. The summed E-state index contributed by atoms with van der Waals surface area (Å²) < 4.78 is 0. The summed E-state index contributed by atoms with van der Waals surface area (Å²) >= 11 is 0. The Labute approximate surface area is 101 Å². The van der Waals surface area contributed by atoms with E-state index in [9.17, 15) is 5.11 Å². The molecule has 17 heavy (non-hydrogen) atoms. The van der Waals surface area contributed by atoms with E-state index in [2.05, 4.69) is 6.58 Å². The molecule has 1 heteroatoms. The van der Waals surface area contributed by atoms with Crippen molar-refractivity contribution in [3.05, 3.63) is 71.8 Å². The molecule has 2 rings (SSSR count). The maximum atomic E-state index is 9.33. The molecule has 1 nitrogen and oxygen atoms in total. The van der Waals surface area contributed by atoms with Crippen molar-refractivity contribution in [1.29, 1.82) is 0 Å². The number of hydrogen-bond donors (Lipinski definition) is 1. The van der Waals surface area contributed by atoms with E-state index in [0.717, 1.165) is 16.7 Å². The van der Waals surface area contributed by atoms with Gasteiger partial charge in [-0.15, -0.1) is 0 Å². The van der Waals surface area contributed by atoms with E-state index in [-0.39, 0.29) is 5.75 Å². The van der Waals surface area contributed by atoms with E-state index in [1.54, 1.807) is 12.1 Å². The Morgan fingerprint density at radius 2 is 1.47 bits per heavy atom. The van der Waals surface area contributed by atoms with Crippen LogP contribution in [-0.2, 0) is 0 Å². The van der Waals surface area contributed by atoms with Crippen molar-refractivity contribution in [2.75, 3.05) is 0 Å². The van der Waals surface area contributed by atoms with Crippen molar-refractivity contribution in [3.8, 4) is 5.75 Å². The van der Waals surface area contributed by atoms with Gasteiger partial charge in [-0.2, -0.15) is 0 Å². The fraction of sp³-hybridized carbons (Fsp3) is 0. The van der Waals surface area contributed by atoms with Crippen molar-refractivity contribution in [3.63, 3.8) is 0 Å². The lowest BCUT2D eigenvalue weighted by Gasteiger charge is -1.97. The molecule has 0 unspecified atom stereocenters. The van der Waals surface area contributed by atoms with Crippen LogP contribution in [0.1, 0.15) is 16.7 Å². The van der Waals surface area contributed by atoms with Crippen LogP contribution in [0.3, 0.4) is 0 Å². The van der Waals surface area contributed by atoms with Crippen molar-refractivity contribution in [1.82, 2.24) is 0 Å². The minimum absolute atomic E-state index is 0.286. The summed E-state index contributed by atoms with van der Waals surface area (Å²) in [5.41, 5.74) is 3.22. The molecule has 0 fully saturated rings. The van der Waals surface area contributed by atoms with Crippen LogP contribution in [0.25, 0.3) is 18.2 Å². The van der Waals surface area contributed by atoms with Crippen LogP contribution in [0.2, 0.25) is 0 Å². The molecule has 0 bridgehead atoms. The van der Waals surface area contributed by atoms with Crippen LogP contribution in [0.5, 0.6) is 5.75 Å². The normalized spacial score (nSPS) is 10.6. The first-order chi connectivity index (χ1) is 8.28. The average Bonchev–Trinajstić information content (AvgIpc) is 2.37. The molecular weight excluding hydrogens is 208 g/mol. The fourth-order valence-corrected chi connectivity index (χ4v) is 1.56. The largest absolute Gasteiger partial charge is 0.508 e. The maximum Gasteiger partial charge on any atom is 0.116 e. The molecule has 0 heterocycles. The Kier molecular flexibility index (Phi) is 3.41. The topological polar surface area (TPSA) is 20.2 Å². The lowest BCUT2D eigenvalue weighted by molar-refractivity contribution is 0.475. The summed E-state index contributed by atoms with van der Waals surface area (Å²) in [5.74, 6) is 0.286. The monoisotopic (exact) mass is 222 g/mol. The van der Waals surface area contributed by atoms with Gasteiger partial charge >= 0.3 is 0 Å². The summed E-state index contributed by atoms with van der Waals surface area (Å²) in [4.78, 5) is 0. The van der Waals surface area contributed by atoms with E-state index in [4.69, 9.17) is 0 Å². The van der Waals surface area contributed by atoms with Crippen molar-refractivity contribution in [2.45, 2.75) is 0 Å². The van der Waals surface area contributed by atoms with Gasteiger partial charge in [0.2, 0.25) is 0 Å². The quantitative estimate of drug-likeness (QED) is 0.771. The van der Waals surface area contributed by atoms with Gasteiger partial charge in [0.05, 0.1) is 0 Å². The molecule has 0 saturated carbocycles. The Bertz CT molecular complexity index is 536. The fourth-order valence-electron chi connectivity index (χ4n) is 1.56. The Morgan fingerprint density at radius 1 is 0.824 bits per heavy atom. The van der Waals surface area contributed by atoms with Gasteiger partial charge in [0.15, 0.2) is 0 Å². The summed E-state index contributed by atoms with van der Waals surface area (Å²) in [6.07, 6.45) is 5.81. The van der Waals surface area contributed by atoms with E-state index >= 15 is 0 Å². The number of phenolic OH excluding ortho intramolecular Hbond substituents is 1. The van der Waals surface area contributed by atoms with Gasteiger partial charge in [0.1, 0.15) is 5.75 Å². The molecule has 0 aliphatic carbocycles. The SMILES string of the molecule is C=Cc1ccc(C=Cc2cccc(O)c2)cc1. The molecule has 0 aromatic heterocycles. The van der Waals surface area contributed by atoms with E-state index in [1.807, 2.05) is 54.6 Å². The third kappa shape index (κ3) is 3.08. The van der Waals surface area contributed by atoms with E-state index < -0.39 is 0 Å². The van der Waals surface area contributed by atoms with Gasteiger partial charge in [-0.1, -0.05) is 61.2 Å². The van der Waals surface area contributed by atoms with E-state index in [1.165, 1.54) is 0 Å². The summed E-state index contributed by atoms with van der Waals surface area (Å²) in [7, 11) is 0. The Hall–Kier alpha value is -2.28. The highest BCUT2D eigenvalue weighted by Gasteiger charge is 1.90. The summed E-state index contributed by atoms with van der Waals surface area (Å²) in [5, 5.41) is 9.33. The van der Waals surface area contributed by atoms with Crippen LogP contribution in [0.15, 0.2) is 55.1 Å². The van der Waals surface area contributed by atoms with Gasteiger partial charge in [0, 0.05) is 0 Å². The highest BCUT2D eigenvalue weighted by atomic mass is 16.3. The first-order valence-corrected chi connectivity index (χ1v) is 5.47.